The Labute approximate surface area is 146 Å². The van der Waals surface area contributed by atoms with Gasteiger partial charge in [0.1, 0.15) is 0 Å². The van der Waals surface area contributed by atoms with Crippen molar-refractivity contribution in [2.24, 2.45) is 0 Å². The van der Waals surface area contributed by atoms with Gasteiger partial charge in [-0.15, -0.1) is 5.10 Å². The van der Waals surface area contributed by atoms with Gasteiger partial charge in [0.2, 0.25) is 0 Å². The van der Waals surface area contributed by atoms with Gasteiger partial charge in [0.25, 0.3) is 5.91 Å². The highest BCUT2D eigenvalue weighted by Gasteiger charge is 2.30. The minimum absolute atomic E-state index is 0.0272. The molecule has 0 saturated carbocycles. The molecule has 1 aliphatic rings. The molecule has 5 nitrogen and oxygen atoms in total. The lowest BCUT2D eigenvalue weighted by Gasteiger charge is -2.23. The van der Waals surface area contributed by atoms with Crippen molar-refractivity contribution in [1.82, 2.24) is 19.9 Å². The highest BCUT2D eigenvalue weighted by Crippen LogP contribution is 2.23. The van der Waals surface area contributed by atoms with Crippen LogP contribution in [0.15, 0.2) is 66.9 Å². The molecule has 0 N–H and O–H groups in total. The minimum atomic E-state index is -0.0272. The summed E-state index contributed by atoms with van der Waals surface area (Å²) in [5.41, 5.74) is 2.52. The van der Waals surface area contributed by atoms with Crippen molar-refractivity contribution < 1.29 is 4.79 Å². The van der Waals surface area contributed by atoms with E-state index in [1.165, 1.54) is 10.4 Å². The molecule has 0 unspecified atom stereocenters. The van der Waals surface area contributed by atoms with Crippen LogP contribution in [-0.4, -0.2) is 38.4 Å². The van der Waals surface area contributed by atoms with Gasteiger partial charge in [0, 0.05) is 12.6 Å². The van der Waals surface area contributed by atoms with E-state index in [0.717, 1.165) is 31.5 Å². The number of benzene rings is 2. The Hall–Kier alpha value is -2.95. The fourth-order valence-electron chi connectivity index (χ4n) is 3.40. The summed E-state index contributed by atoms with van der Waals surface area (Å²) in [5, 5.41) is 8.63. The molecular formula is C20H20N4O. The summed E-state index contributed by atoms with van der Waals surface area (Å²) in [7, 11) is 0. The van der Waals surface area contributed by atoms with Crippen LogP contribution in [0, 0.1) is 0 Å². The summed E-state index contributed by atoms with van der Waals surface area (Å²) in [6, 6.07) is 20.2. The number of likely N-dealkylation sites (tertiary alicyclic amines) is 1. The number of para-hydroxylation sites is 1. The molecule has 2 aromatic carbocycles. The minimum Gasteiger partial charge on any atom is -0.334 e. The van der Waals surface area contributed by atoms with Crippen LogP contribution in [0.3, 0.4) is 0 Å². The lowest BCUT2D eigenvalue weighted by Crippen LogP contribution is -2.37. The number of hydrogen-bond acceptors (Lipinski definition) is 3. The standard InChI is InChI=1S/C20H20N4O/c25-20(19-15-21-24(22-19)17-10-5-2-6-11-17)23-13-7-12-18(23)14-16-8-3-1-4-9-16/h1-6,8-11,15,18H,7,12-14H2/t18-/m1/s1. The van der Waals surface area contributed by atoms with Crippen LogP contribution in [0.25, 0.3) is 5.69 Å². The fraction of sp³-hybridized carbons (Fsp3) is 0.250. The third-order valence-corrected chi connectivity index (χ3v) is 4.65. The lowest BCUT2D eigenvalue weighted by atomic mass is 10.0. The molecular weight excluding hydrogens is 312 g/mol. The smallest absolute Gasteiger partial charge is 0.276 e. The highest BCUT2D eigenvalue weighted by molar-refractivity contribution is 5.92. The predicted molar refractivity (Wildman–Crippen MR) is 95.6 cm³/mol. The molecule has 2 heterocycles. The van der Waals surface area contributed by atoms with E-state index in [0.29, 0.717) is 5.69 Å². The van der Waals surface area contributed by atoms with Crippen LogP contribution >= 0.6 is 0 Å². The summed E-state index contributed by atoms with van der Waals surface area (Å²) in [4.78, 5) is 16.4. The van der Waals surface area contributed by atoms with Crippen molar-refractivity contribution in [3.05, 3.63) is 78.1 Å². The molecule has 126 valence electrons. The van der Waals surface area contributed by atoms with E-state index in [9.17, 15) is 4.79 Å². The number of amides is 1. The van der Waals surface area contributed by atoms with E-state index in [-0.39, 0.29) is 11.9 Å². The zero-order chi connectivity index (χ0) is 17.1. The normalized spacial score (nSPS) is 17.0. The number of rotatable bonds is 4. The van der Waals surface area contributed by atoms with Crippen LogP contribution in [0.4, 0.5) is 0 Å². The Balaban J connectivity index is 1.51. The summed E-state index contributed by atoms with van der Waals surface area (Å²) >= 11 is 0. The summed E-state index contributed by atoms with van der Waals surface area (Å²) in [6.45, 7) is 0.786. The van der Waals surface area contributed by atoms with Crippen molar-refractivity contribution >= 4 is 5.91 Å². The van der Waals surface area contributed by atoms with E-state index >= 15 is 0 Å². The second-order valence-electron chi connectivity index (χ2n) is 6.34. The molecule has 1 atom stereocenters. The fourth-order valence-corrected chi connectivity index (χ4v) is 3.40. The monoisotopic (exact) mass is 332 g/mol. The van der Waals surface area contributed by atoms with Crippen LogP contribution in [-0.2, 0) is 6.42 Å². The second kappa shape index (κ2) is 6.89. The zero-order valence-electron chi connectivity index (χ0n) is 14.0. The first kappa shape index (κ1) is 15.6. The van der Waals surface area contributed by atoms with Gasteiger partial charge in [-0.3, -0.25) is 4.79 Å². The molecule has 0 bridgehead atoms. The molecule has 5 heteroatoms. The summed E-state index contributed by atoms with van der Waals surface area (Å²) in [5.74, 6) is -0.0272. The van der Waals surface area contributed by atoms with Crippen LogP contribution in [0.2, 0.25) is 0 Å². The molecule has 1 saturated heterocycles. The maximum absolute atomic E-state index is 12.9. The maximum Gasteiger partial charge on any atom is 0.276 e. The van der Waals surface area contributed by atoms with E-state index in [1.54, 1.807) is 6.20 Å². The Morgan fingerprint density at radius 1 is 1.04 bits per heavy atom. The molecule has 0 aliphatic carbocycles. The van der Waals surface area contributed by atoms with Crippen molar-refractivity contribution in [1.29, 1.82) is 0 Å². The Bertz CT molecular complexity index is 844. The van der Waals surface area contributed by atoms with Gasteiger partial charge in [-0.25, -0.2) is 0 Å². The molecule has 0 spiro atoms. The van der Waals surface area contributed by atoms with Gasteiger partial charge in [-0.05, 0) is 37.0 Å². The molecule has 4 rings (SSSR count). The first-order valence-electron chi connectivity index (χ1n) is 8.64. The number of nitrogens with zero attached hydrogens (tertiary/aromatic N) is 4. The van der Waals surface area contributed by atoms with Gasteiger partial charge in [-0.2, -0.15) is 9.90 Å². The molecule has 1 aromatic heterocycles. The summed E-state index contributed by atoms with van der Waals surface area (Å²) in [6.07, 6.45) is 4.52. The van der Waals surface area contributed by atoms with Gasteiger partial charge in [0.05, 0.1) is 11.9 Å². The number of carbonyl (C=O) groups is 1. The molecule has 1 amide bonds. The third kappa shape index (κ3) is 3.31. The highest BCUT2D eigenvalue weighted by atomic mass is 16.2. The molecule has 1 aliphatic heterocycles. The van der Waals surface area contributed by atoms with Crippen molar-refractivity contribution in [2.75, 3.05) is 6.54 Å². The van der Waals surface area contributed by atoms with Crippen LogP contribution in [0.1, 0.15) is 28.9 Å². The number of hydrogen-bond donors (Lipinski definition) is 0. The quantitative estimate of drug-likeness (QED) is 0.737. The van der Waals surface area contributed by atoms with E-state index in [4.69, 9.17) is 0 Å². The first-order chi connectivity index (χ1) is 12.3. The SMILES string of the molecule is O=C(c1cnn(-c2ccccc2)n1)N1CCC[C@@H]1Cc1ccccc1. The topological polar surface area (TPSA) is 51.0 Å². The largest absolute Gasteiger partial charge is 0.334 e. The van der Waals surface area contributed by atoms with Gasteiger partial charge in [-0.1, -0.05) is 48.5 Å². The molecule has 1 fully saturated rings. The number of carbonyl (C=O) groups excluding carboxylic acids is 1. The molecule has 3 aromatic rings. The first-order valence-corrected chi connectivity index (χ1v) is 8.64. The van der Waals surface area contributed by atoms with Gasteiger partial charge >= 0.3 is 0 Å². The lowest BCUT2D eigenvalue weighted by molar-refractivity contribution is 0.0730. The zero-order valence-corrected chi connectivity index (χ0v) is 14.0. The average Bonchev–Trinajstić information content (AvgIpc) is 3.32. The van der Waals surface area contributed by atoms with Crippen LogP contribution < -0.4 is 0 Å². The average molecular weight is 332 g/mol. The second-order valence-corrected chi connectivity index (χ2v) is 6.34. The Kier molecular flexibility index (Phi) is 4.29. The Morgan fingerprint density at radius 2 is 1.76 bits per heavy atom. The van der Waals surface area contributed by atoms with Crippen molar-refractivity contribution in [3.63, 3.8) is 0 Å². The van der Waals surface area contributed by atoms with Crippen LogP contribution in [0.5, 0.6) is 0 Å². The third-order valence-electron chi connectivity index (χ3n) is 4.65. The van der Waals surface area contributed by atoms with E-state index in [1.807, 2.05) is 53.4 Å². The summed E-state index contributed by atoms with van der Waals surface area (Å²) < 4.78 is 0. The van der Waals surface area contributed by atoms with Crippen molar-refractivity contribution in [3.8, 4) is 5.69 Å². The van der Waals surface area contributed by atoms with Gasteiger partial charge < -0.3 is 4.90 Å². The maximum atomic E-state index is 12.9. The number of aromatic nitrogens is 3. The molecule has 0 radical (unpaired) electrons. The predicted octanol–water partition coefficient (Wildman–Crippen LogP) is 3.11. The van der Waals surface area contributed by atoms with Gasteiger partial charge in [0.15, 0.2) is 5.69 Å². The molecule has 25 heavy (non-hydrogen) atoms. The van der Waals surface area contributed by atoms with Crippen molar-refractivity contribution in [2.45, 2.75) is 25.3 Å². The Morgan fingerprint density at radius 3 is 2.52 bits per heavy atom. The van der Waals surface area contributed by atoms with E-state index in [2.05, 4.69) is 22.3 Å². The van der Waals surface area contributed by atoms with E-state index < -0.39 is 0 Å².